The van der Waals surface area contributed by atoms with E-state index in [2.05, 4.69) is 22.2 Å². The van der Waals surface area contributed by atoms with E-state index in [1.807, 2.05) is 13.0 Å². The molecule has 0 spiro atoms. The van der Waals surface area contributed by atoms with Crippen molar-refractivity contribution >= 4 is 11.8 Å². The van der Waals surface area contributed by atoms with E-state index in [-0.39, 0.29) is 0 Å². The Bertz CT molecular complexity index is 382. The molecule has 0 fully saturated rings. The van der Waals surface area contributed by atoms with Crippen molar-refractivity contribution in [3.63, 3.8) is 0 Å². The average molecular weight is 251 g/mol. The number of aliphatic carboxylic acids is 1. The summed E-state index contributed by atoms with van der Waals surface area (Å²) in [6, 6.07) is 1.25. The lowest BCUT2D eigenvalue weighted by atomic mass is 10.1. The van der Waals surface area contributed by atoms with Gasteiger partial charge >= 0.3 is 5.97 Å². The maximum absolute atomic E-state index is 11.1. The molecule has 1 unspecified atom stereocenters. The second-order valence-electron chi connectivity index (χ2n) is 4.32. The minimum Gasteiger partial charge on any atom is -0.480 e. The Labute approximate surface area is 108 Å². The van der Waals surface area contributed by atoms with E-state index in [1.165, 1.54) is 6.33 Å². The first-order chi connectivity index (χ1) is 8.67. The summed E-state index contributed by atoms with van der Waals surface area (Å²) in [6.45, 7) is 4.12. The topological polar surface area (TPSA) is 75.1 Å². The summed E-state index contributed by atoms with van der Waals surface area (Å²) in [7, 11) is 0. The van der Waals surface area contributed by atoms with Crippen LogP contribution in [-0.2, 0) is 11.2 Å². The Kier molecular flexibility index (Phi) is 6.11. The molecule has 0 amide bonds. The fraction of sp³-hybridized carbons (Fsp3) is 0.615. The molecule has 0 aromatic carbocycles. The third kappa shape index (κ3) is 4.69. The largest absolute Gasteiger partial charge is 0.480 e. The fourth-order valence-corrected chi connectivity index (χ4v) is 1.71. The van der Waals surface area contributed by atoms with E-state index in [9.17, 15) is 4.79 Å². The van der Waals surface area contributed by atoms with E-state index in [0.29, 0.717) is 12.2 Å². The molecular formula is C13H21N3O2. The van der Waals surface area contributed by atoms with Gasteiger partial charge in [0.25, 0.3) is 0 Å². The number of carbonyl (C=O) groups is 1. The van der Waals surface area contributed by atoms with Crippen LogP contribution in [-0.4, -0.2) is 27.1 Å². The molecule has 1 atom stereocenters. The predicted molar refractivity (Wildman–Crippen MR) is 70.6 cm³/mol. The maximum atomic E-state index is 11.1. The summed E-state index contributed by atoms with van der Waals surface area (Å²) in [5.74, 6) is -0.240. The zero-order valence-electron chi connectivity index (χ0n) is 11.0. The molecular weight excluding hydrogens is 230 g/mol. The predicted octanol–water partition coefficient (Wildman–Crippen LogP) is 2.48. The lowest BCUT2D eigenvalue weighted by Gasteiger charge is -2.14. The van der Waals surface area contributed by atoms with Gasteiger partial charge < -0.3 is 10.4 Å². The van der Waals surface area contributed by atoms with Crippen LogP contribution in [0.5, 0.6) is 0 Å². The first kappa shape index (κ1) is 14.4. The second-order valence-corrected chi connectivity index (χ2v) is 4.32. The van der Waals surface area contributed by atoms with Crippen LogP contribution in [0.15, 0.2) is 12.4 Å². The van der Waals surface area contributed by atoms with Crippen molar-refractivity contribution in [1.82, 2.24) is 9.97 Å². The van der Waals surface area contributed by atoms with Gasteiger partial charge in [0.2, 0.25) is 0 Å². The molecule has 0 saturated heterocycles. The van der Waals surface area contributed by atoms with Gasteiger partial charge in [0.05, 0.1) is 0 Å². The quantitative estimate of drug-likeness (QED) is 0.742. The molecule has 1 heterocycles. The van der Waals surface area contributed by atoms with Crippen molar-refractivity contribution < 1.29 is 9.90 Å². The number of hydrogen-bond donors (Lipinski definition) is 2. The highest BCUT2D eigenvalue weighted by Crippen LogP contribution is 2.11. The van der Waals surface area contributed by atoms with Crippen LogP contribution >= 0.6 is 0 Å². The molecule has 18 heavy (non-hydrogen) atoms. The van der Waals surface area contributed by atoms with Gasteiger partial charge in [-0.05, 0) is 12.8 Å². The summed E-state index contributed by atoms with van der Waals surface area (Å²) in [5, 5.41) is 12.1. The smallest absolute Gasteiger partial charge is 0.326 e. The Hall–Kier alpha value is -1.65. The molecule has 0 bridgehead atoms. The summed E-state index contributed by atoms with van der Waals surface area (Å²) in [5.41, 5.74) is 0.939. The van der Waals surface area contributed by atoms with E-state index >= 15 is 0 Å². The molecule has 0 aliphatic carbocycles. The Balaban J connectivity index is 2.67. The second kappa shape index (κ2) is 7.63. The van der Waals surface area contributed by atoms with Crippen LogP contribution in [0.3, 0.4) is 0 Å². The number of carboxylic acids is 1. The number of aromatic nitrogens is 2. The van der Waals surface area contributed by atoms with Gasteiger partial charge in [0, 0.05) is 11.8 Å². The van der Waals surface area contributed by atoms with Crippen LogP contribution in [0.4, 0.5) is 5.82 Å². The number of aryl methyl sites for hydroxylation is 1. The summed E-state index contributed by atoms with van der Waals surface area (Å²) in [6.07, 6.45) is 5.84. The molecule has 5 heteroatoms. The number of unbranched alkanes of at least 4 members (excludes halogenated alkanes) is 1. The van der Waals surface area contributed by atoms with Gasteiger partial charge in [0.15, 0.2) is 0 Å². The van der Waals surface area contributed by atoms with E-state index < -0.39 is 12.0 Å². The van der Waals surface area contributed by atoms with Crippen molar-refractivity contribution in [1.29, 1.82) is 0 Å². The van der Waals surface area contributed by atoms with Gasteiger partial charge in [-0.15, -0.1) is 0 Å². The van der Waals surface area contributed by atoms with Gasteiger partial charge in [0.1, 0.15) is 18.2 Å². The van der Waals surface area contributed by atoms with Crippen molar-refractivity contribution in [2.45, 2.75) is 52.0 Å². The van der Waals surface area contributed by atoms with Crippen LogP contribution in [0.1, 0.15) is 45.2 Å². The minimum atomic E-state index is -0.834. The SMILES string of the molecule is CCCCC(Nc1cc(CCC)ncn1)C(=O)O. The molecule has 0 radical (unpaired) electrons. The minimum absolute atomic E-state index is 0.575. The van der Waals surface area contributed by atoms with Crippen molar-refractivity contribution in [3.8, 4) is 0 Å². The van der Waals surface area contributed by atoms with Crippen LogP contribution < -0.4 is 5.32 Å². The van der Waals surface area contributed by atoms with Crippen molar-refractivity contribution in [3.05, 3.63) is 18.1 Å². The lowest BCUT2D eigenvalue weighted by Crippen LogP contribution is -2.29. The molecule has 0 aliphatic heterocycles. The van der Waals surface area contributed by atoms with Crippen LogP contribution in [0.2, 0.25) is 0 Å². The first-order valence-corrected chi connectivity index (χ1v) is 6.47. The van der Waals surface area contributed by atoms with E-state index in [0.717, 1.165) is 31.4 Å². The molecule has 100 valence electrons. The summed E-state index contributed by atoms with van der Waals surface area (Å²) >= 11 is 0. The normalized spacial score (nSPS) is 12.1. The zero-order chi connectivity index (χ0) is 13.4. The average Bonchev–Trinajstić information content (AvgIpc) is 2.35. The van der Waals surface area contributed by atoms with Crippen molar-refractivity contribution in [2.24, 2.45) is 0 Å². The molecule has 1 rings (SSSR count). The molecule has 1 aromatic rings. The number of nitrogens with one attached hydrogen (secondary N) is 1. The highest BCUT2D eigenvalue weighted by molar-refractivity contribution is 5.76. The van der Waals surface area contributed by atoms with Crippen LogP contribution in [0, 0.1) is 0 Å². The summed E-state index contributed by atoms with van der Waals surface area (Å²) < 4.78 is 0. The molecule has 0 saturated carbocycles. The Morgan fingerprint density at radius 3 is 2.78 bits per heavy atom. The fourth-order valence-electron chi connectivity index (χ4n) is 1.71. The van der Waals surface area contributed by atoms with Crippen molar-refractivity contribution in [2.75, 3.05) is 5.32 Å². The number of hydrogen-bond acceptors (Lipinski definition) is 4. The first-order valence-electron chi connectivity index (χ1n) is 6.47. The number of nitrogens with zero attached hydrogens (tertiary/aromatic N) is 2. The van der Waals surface area contributed by atoms with Gasteiger partial charge in [-0.3, -0.25) is 0 Å². The monoisotopic (exact) mass is 251 g/mol. The summed E-state index contributed by atoms with van der Waals surface area (Å²) in [4.78, 5) is 19.3. The molecule has 5 nitrogen and oxygen atoms in total. The number of carboxylic acid groups (broad SMARTS) is 1. The maximum Gasteiger partial charge on any atom is 0.326 e. The highest BCUT2D eigenvalue weighted by Gasteiger charge is 2.16. The van der Waals surface area contributed by atoms with Gasteiger partial charge in [-0.2, -0.15) is 0 Å². The standard InChI is InChI=1S/C13H21N3O2/c1-3-5-7-11(13(17)18)16-12-8-10(6-4-2)14-9-15-12/h8-9,11H,3-7H2,1-2H3,(H,17,18)(H,14,15,16). The lowest BCUT2D eigenvalue weighted by molar-refractivity contribution is -0.138. The van der Waals surface area contributed by atoms with E-state index in [4.69, 9.17) is 5.11 Å². The third-order valence-corrected chi connectivity index (χ3v) is 2.70. The molecule has 1 aromatic heterocycles. The Morgan fingerprint density at radius 2 is 2.17 bits per heavy atom. The number of rotatable bonds is 8. The number of anilines is 1. The molecule has 0 aliphatic rings. The molecule has 2 N–H and O–H groups in total. The van der Waals surface area contributed by atoms with Crippen LogP contribution in [0.25, 0.3) is 0 Å². The highest BCUT2D eigenvalue weighted by atomic mass is 16.4. The van der Waals surface area contributed by atoms with Gasteiger partial charge in [-0.1, -0.05) is 33.1 Å². The Morgan fingerprint density at radius 1 is 1.39 bits per heavy atom. The van der Waals surface area contributed by atoms with E-state index in [1.54, 1.807) is 0 Å². The van der Waals surface area contributed by atoms with Gasteiger partial charge in [-0.25, -0.2) is 14.8 Å². The zero-order valence-corrected chi connectivity index (χ0v) is 11.0. The third-order valence-electron chi connectivity index (χ3n) is 2.70.